The quantitative estimate of drug-likeness (QED) is 0.343. The molecule has 1 fully saturated rings. The van der Waals surface area contributed by atoms with Crippen molar-refractivity contribution in [3.8, 4) is 5.75 Å². The monoisotopic (exact) mass is 508 g/mol. The lowest BCUT2D eigenvalue weighted by Gasteiger charge is -2.24. The van der Waals surface area contributed by atoms with Crippen molar-refractivity contribution in [2.75, 3.05) is 13.7 Å². The second-order valence-corrected chi connectivity index (χ2v) is 9.03. The Labute approximate surface area is 206 Å². The van der Waals surface area contributed by atoms with Crippen molar-refractivity contribution in [3.63, 3.8) is 0 Å². The lowest BCUT2D eigenvalue weighted by atomic mass is 9.97. The Morgan fingerprint density at radius 1 is 1.17 bits per heavy atom. The molecule has 1 aliphatic heterocycles. The van der Waals surface area contributed by atoms with E-state index in [4.69, 9.17) is 4.74 Å². The van der Waals surface area contributed by atoms with Crippen LogP contribution in [0.4, 0.5) is 8.78 Å². The van der Waals surface area contributed by atoms with E-state index in [-0.39, 0.29) is 41.5 Å². The van der Waals surface area contributed by atoms with Gasteiger partial charge in [0, 0.05) is 23.4 Å². The number of hydrogen-bond donors (Lipinski definition) is 4. The minimum Gasteiger partial charge on any atom is -0.467 e. The van der Waals surface area contributed by atoms with Crippen LogP contribution in [0.2, 0.25) is 0 Å². The van der Waals surface area contributed by atoms with Gasteiger partial charge in [-0.2, -0.15) is 8.78 Å². The van der Waals surface area contributed by atoms with Gasteiger partial charge in [-0.25, -0.2) is 4.79 Å². The molecule has 0 spiro atoms. The zero-order valence-corrected chi connectivity index (χ0v) is 20.2. The van der Waals surface area contributed by atoms with Crippen molar-refractivity contribution in [1.82, 2.24) is 20.9 Å². The molecule has 1 aromatic heterocycles. The number of esters is 1. The molecule has 3 atom stereocenters. The third kappa shape index (κ3) is 6.70. The van der Waals surface area contributed by atoms with Crippen LogP contribution in [0.3, 0.4) is 0 Å². The van der Waals surface area contributed by atoms with Crippen LogP contribution in [0.25, 0.3) is 10.9 Å². The molecule has 196 valence electrons. The number of amides is 3. The maximum Gasteiger partial charge on any atom is 0.387 e. The van der Waals surface area contributed by atoms with Crippen molar-refractivity contribution in [2.24, 2.45) is 11.8 Å². The summed E-state index contributed by atoms with van der Waals surface area (Å²) >= 11 is 0. The zero-order chi connectivity index (χ0) is 26.4. The van der Waals surface area contributed by atoms with Crippen LogP contribution >= 0.6 is 0 Å². The molecule has 2 heterocycles. The Hall–Kier alpha value is -3.70. The first-order valence-electron chi connectivity index (χ1n) is 11.6. The van der Waals surface area contributed by atoms with E-state index in [1.165, 1.54) is 25.3 Å². The van der Waals surface area contributed by atoms with Gasteiger partial charge >= 0.3 is 12.6 Å². The SMILES string of the molecule is COC(=O)C(C[C@@H]1CCNC1=O)NC(=O)C(CC(C)C)NC(=O)c1cc2c(OC(F)F)cccc2[nH]1. The van der Waals surface area contributed by atoms with Gasteiger partial charge < -0.3 is 30.4 Å². The summed E-state index contributed by atoms with van der Waals surface area (Å²) in [6, 6.07) is 3.75. The molecule has 0 aliphatic carbocycles. The summed E-state index contributed by atoms with van der Waals surface area (Å²) in [4.78, 5) is 53.2. The minimum atomic E-state index is -3.03. The number of H-pyrrole nitrogens is 1. The van der Waals surface area contributed by atoms with E-state index in [0.29, 0.717) is 18.5 Å². The minimum absolute atomic E-state index is 0.00648. The van der Waals surface area contributed by atoms with Crippen molar-refractivity contribution in [3.05, 3.63) is 30.0 Å². The van der Waals surface area contributed by atoms with E-state index in [0.717, 1.165) is 0 Å². The highest BCUT2D eigenvalue weighted by Gasteiger charge is 2.34. The zero-order valence-electron chi connectivity index (χ0n) is 20.2. The fourth-order valence-corrected chi connectivity index (χ4v) is 4.17. The molecule has 2 unspecified atom stereocenters. The number of ether oxygens (including phenoxy) is 2. The lowest BCUT2D eigenvalue weighted by molar-refractivity contribution is -0.146. The van der Waals surface area contributed by atoms with Crippen LogP contribution in [-0.4, -0.2) is 61.0 Å². The molecule has 0 radical (unpaired) electrons. The van der Waals surface area contributed by atoms with Crippen molar-refractivity contribution in [1.29, 1.82) is 0 Å². The maximum atomic E-state index is 13.1. The van der Waals surface area contributed by atoms with Gasteiger partial charge in [0.2, 0.25) is 11.8 Å². The first-order chi connectivity index (χ1) is 17.1. The van der Waals surface area contributed by atoms with Gasteiger partial charge in [0.1, 0.15) is 23.5 Å². The predicted molar refractivity (Wildman–Crippen MR) is 125 cm³/mol. The topological polar surface area (TPSA) is 139 Å². The summed E-state index contributed by atoms with van der Waals surface area (Å²) in [7, 11) is 1.19. The number of aromatic nitrogens is 1. The Morgan fingerprint density at radius 2 is 1.92 bits per heavy atom. The fraction of sp³-hybridized carbons (Fsp3) is 0.500. The highest BCUT2D eigenvalue weighted by Crippen LogP contribution is 2.28. The van der Waals surface area contributed by atoms with E-state index in [1.54, 1.807) is 6.07 Å². The number of fused-ring (bicyclic) bond motifs is 1. The number of rotatable bonds is 11. The van der Waals surface area contributed by atoms with Crippen molar-refractivity contribution in [2.45, 2.75) is 51.8 Å². The Balaban J connectivity index is 1.76. The number of methoxy groups -OCH3 is 1. The van der Waals surface area contributed by atoms with Crippen LogP contribution in [-0.2, 0) is 19.1 Å². The maximum absolute atomic E-state index is 13.1. The highest BCUT2D eigenvalue weighted by atomic mass is 19.3. The molecule has 12 heteroatoms. The van der Waals surface area contributed by atoms with Gasteiger partial charge in [-0.1, -0.05) is 19.9 Å². The predicted octanol–water partition coefficient (Wildman–Crippen LogP) is 2.10. The number of hydrogen-bond acceptors (Lipinski definition) is 6. The molecule has 3 rings (SSSR count). The number of aromatic amines is 1. The number of halogens is 2. The molecule has 1 aromatic carbocycles. The summed E-state index contributed by atoms with van der Waals surface area (Å²) in [5.74, 6) is -2.66. The van der Waals surface area contributed by atoms with Gasteiger partial charge in [0.05, 0.1) is 7.11 Å². The molecule has 3 amide bonds. The summed E-state index contributed by atoms with van der Waals surface area (Å²) in [6.07, 6.45) is 0.864. The number of carbonyl (C=O) groups is 4. The third-order valence-electron chi connectivity index (χ3n) is 5.90. The second-order valence-electron chi connectivity index (χ2n) is 9.03. The smallest absolute Gasteiger partial charge is 0.387 e. The van der Waals surface area contributed by atoms with Crippen LogP contribution < -0.4 is 20.7 Å². The van der Waals surface area contributed by atoms with Crippen LogP contribution in [0, 0.1) is 11.8 Å². The molecule has 1 saturated heterocycles. The summed E-state index contributed by atoms with van der Waals surface area (Å²) < 4.78 is 34.8. The lowest BCUT2D eigenvalue weighted by Crippen LogP contribution is -2.53. The largest absolute Gasteiger partial charge is 0.467 e. The molecule has 0 saturated carbocycles. The molecule has 10 nitrogen and oxygen atoms in total. The first kappa shape index (κ1) is 26.9. The van der Waals surface area contributed by atoms with E-state index in [1.807, 2.05) is 13.8 Å². The van der Waals surface area contributed by atoms with Gasteiger partial charge in [0.15, 0.2) is 0 Å². The molecule has 0 bridgehead atoms. The summed E-state index contributed by atoms with van der Waals surface area (Å²) in [6.45, 7) is 1.19. The van der Waals surface area contributed by atoms with Gasteiger partial charge in [-0.05, 0) is 43.4 Å². The fourth-order valence-electron chi connectivity index (χ4n) is 4.17. The van der Waals surface area contributed by atoms with Crippen LogP contribution in [0.15, 0.2) is 24.3 Å². The first-order valence-corrected chi connectivity index (χ1v) is 11.6. The van der Waals surface area contributed by atoms with Gasteiger partial charge in [-0.15, -0.1) is 0 Å². The average Bonchev–Trinajstić information content (AvgIpc) is 3.43. The Morgan fingerprint density at radius 3 is 2.53 bits per heavy atom. The second kappa shape index (κ2) is 11.8. The molecule has 2 aromatic rings. The Bertz CT molecular complexity index is 1120. The van der Waals surface area contributed by atoms with Crippen molar-refractivity contribution < 1.29 is 37.4 Å². The normalized spacial score (nSPS) is 17.1. The number of benzene rings is 1. The van der Waals surface area contributed by atoms with Crippen molar-refractivity contribution >= 4 is 34.6 Å². The van der Waals surface area contributed by atoms with Crippen LogP contribution in [0.1, 0.15) is 43.6 Å². The van der Waals surface area contributed by atoms with Gasteiger partial charge in [-0.3, -0.25) is 14.4 Å². The summed E-state index contributed by atoms with van der Waals surface area (Å²) in [5, 5.41) is 8.24. The highest BCUT2D eigenvalue weighted by molar-refractivity contribution is 6.01. The number of nitrogens with one attached hydrogen (secondary N) is 4. The summed E-state index contributed by atoms with van der Waals surface area (Å²) in [5.41, 5.74) is 0.452. The van der Waals surface area contributed by atoms with Crippen LogP contribution in [0.5, 0.6) is 5.75 Å². The number of carbonyl (C=O) groups excluding carboxylic acids is 4. The van der Waals surface area contributed by atoms with E-state index in [9.17, 15) is 28.0 Å². The van der Waals surface area contributed by atoms with E-state index < -0.39 is 42.4 Å². The molecule has 1 aliphatic rings. The van der Waals surface area contributed by atoms with E-state index >= 15 is 0 Å². The van der Waals surface area contributed by atoms with Gasteiger partial charge in [0.25, 0.3) is 5.91 Å². The molecular formula is C24H30F2N4O6. The molecule has 4 N–H and O–H groups in total. The average molecular weight is 509 g/mol. The molecule has 36 heavy (non-hydrogen) atoms. The third-order valence-corrected chi connectivity index (χ3v) is 5.90. The number of alkyl halides is 2. The Kier molecular flexibility index (Phi) is 8.83. The van der Waals surface area contributed by atoms with E-state index in [2.05, 4.69) is 25.7 Å². The standard InChI is InChI=1S/C24H30F2N4O6/c1-12(2)9-16(21(32)30-18(23(34)35-3)10-13-7-8-27-20(13)31)29-22(33)17-11-14-15(28-17)5-4-6-19(14)36-24(25)26/h4-6,11-13,16,18,24,28H,7-10H2,1-3H3,(H,27,31)(H,29,33)(H,30,32)/t13-,16?,18?/m0/s1. The molecular weight excluding hydrogens is 478 g/mol.